The van der Waals surface area contributed by atoms with E-state index in [1.54, 1.807) is 6.92 Å². The zero-order chi connectivity index (χ0) is 8.69. The lowest BCUT2D eigenvalue weighted by Crippen LogP contribution is -2.24. The van der Waals surface area contributed by atoms with Crippen molar-refractivity contribution in [2.45, 2.75) is 6.92 Å². The van der Waals surface area contributed by atoms with E-state index in [0.29, 0.717) is 6.61 Å². The smallest absolute Gasteiger partial charge is 0.427 e. The Morgan fingerprint density at radius 2 is 2.45 bits per heavy atom. The normalized spacial score (nSPS) is 10.9. The van der Waals surface area contributed by atoms with E-state index in [2.05, 4.69) is 15.3 Å². The van der Waals surface area contributed by atoms with Gasteiger partial charge in [0.05, 0.1) is 12.5 Å². The first-order valence-electron chi connectivity index (χ1n) is 3.01. The number of hydrazone groups is 1. The van der Waals surface area contributed by atoms with Crippen LogP contribution in [0.4, 0.5) is 4.79 Å². The minimum absolute atomic E-state index is 0.0758. The van der Waals surface area contributed by atoms with E-state index in [-0.39, 0.29) is 11.7 Å². The van der Waals surface area contributed by atoms with Crippen LogP contribution in [0.1, 0.15) is 6.92 Å². The van der Waals surface area contributed by atoms with Crippen LogP contribution in [-0.4, -0.2) is 24.4 Å². The molecular formula is C5H10ClN3O2. The fraction of sp³-hybridized carbons (Fsp3) is 0.600. The number of halogens is 1. The first-order chi connectivity index (χ1) is 5.20. The molecule has 0 aromatic rings. The quantitative estimate of drug-likeness (QED) is 0.282. The molecule has 0 fully saturated rings. The molecule has 1 amide bonds. The molecule has 0 bridgehead atoms. The van der Waals surface area contributed by atoms with Gasteiger partial charge in [0, 0.05) is 0 Å². The summed E-state index contributed by atoms with van der Waals surface area (Å²) in [5, 5.41) is 3.40. The van der Waals surface area contributed by atoms with Crippen LogP contribution in [0.15, 0.2) is 5.10 Å². The Labute approximate surface area is 69.5 Å². The van der Waals surface area contributed by atoms with Gasteiger partial charge in [0.25, 0.3) is 0 Å². The molecule has 0 rings (SSSR count). The Hall–Kier alpha value is -0.970. The van der Waals surface area contributed by atoms with Crippen LogP contribution in [0.3, 0.4) is 0 Å². The van der Waals surface area contributed by atoms with E-state index >= 15 is 0 Å². The third-order valence-corrected chi connectivity index (χ3v) is 0.977. The third-order valence-electron chi connectivity index (χ3n) is 0.703. The number of hydrogen-bond donors (Lipinski definition) is 2. The van der Waals surface area contributed by atoms with Gasteiger partial charge in [-0.2, -0.15) is 5.10 Å². The number of nitrogens with one attached hydrogen (secondary N) is 1. The van der Waals surface area contributed by atoms with Crippen molar-refractivity contribution in [2.24, 2.45) is 10.8 Å². The molecule has 0 aromatic carbocycles. The van der Waals surface area contributed by atoms with Crippen molar-refractivity contribution in [1.82, 2.24) is 5.43 Å². The summed E-state index contributed by atoms with van der Waals surface area (Å²) >= 11 is 5.26. The molecule has 0 radical (unpaired) electrons. The number of nitrogens with zero attached hydrogens (tertiary/aromatic N) is 1. The minimum Gasteiger partial charge on any atom is -0.449 e. The van der Waals surface area contributed by atoms with Crippen LogP contribution < -0.4 is 11.2 Å². The number of carbonyl (C=O) groups is 1. The highest BCUT2D eigenvalue weighted by Crippen LogP contribution is 1.77. The van der Waals surface area contributed by atoms with E-state index in [1.165, 1.54) is 0 Å². The molecule has 0 aliphatic rings. The Balaban J connectivity index is 3.60. The summed E-state index contributed by atoms with van der Waals surface area (Å²) in [6.45, 7) is 1.98. The lowest BCUT2D eigenvalue weighted by molar-refractivity contribution is 0.152. The molecule has 5 nitrogen and oxygen atoms in total. The van der Waals surface area contributed by atoms with Crippen molar-refractivity contribution >= 4 is 23.5 Å². The monoisotopic (exact) mass is 179 g/mol. The zero-order valence-electron chi connectivity index (χ0n) is 6.13. The maximum atomic E-state index is 10.5. The molecule has 6 heteroatoms. The summed E-state index contributed by atoms with van der Waals surface area (Å²) in [7, 11) is 0. The largest absolute Gasteiger partial charge is 0.449 e. The highest BCUT2D eigenvalue weighted by atomic mass is 35.5. The van der Waals surface area contributed by atoms with Crippen LogP contribution >= 0.6 is 11.6 Å². The average molecular weight is 180 g/mol. The topological polar surface area (TPSA) is 76.7 Å². The van der Waals surface area contributed by atoms with Crippen LogP contribution in [0.5, 0.6) is 0 Å². The third kappa shape index (κ3) is 5.47. The Kier molecular flexibility index (Phi) is 5.28. The van der Waals surface area contributed by atoms with Crippen LogP contribution in [0.2, 0.25) is 0 Å². The highest BCUT2D eigenvalue weighted by Gasteiger charge is 1.96. The predicted molar refractivity (Wildman–Crippen MR) is 42.5 cm³/mol. The lowest BCUT2D eigenvalue weighted by atomic mass is 10.7. The van der Waals surface area contributed by atoms with Gasteiger partial charge in [-0.3, -0.25) is 0 Å². The van der Waals surface area contributed by atoms with Gasteiger partial charge >= 0.3 is 6.09 Å². The summed E-state index contributed by atoms with van der Waals surface area (Å²) in [5.74, 6) is 0.214. The van der Waals surface area contributed by atoms with E-state index in [4.69, 9.17) is 17.3 Å². The van der Waals surface area contributed by atoms with Crippen molar-refractivity contribution < 1.29 is 9.53 Å². The number of hydrogen-bond acceptors (Lipinski definition) is 3. The number of rotatable bonds is 3. The molecule has 0 aromatic heterocycles. The maximum Gasteiger partial charge on any atom is 0.427 e. The van der Waals surface area contributed by atoms with Gasteiger partial charge in [0.2, 0.25) is 0 Å². The second-order valence-electron chi connectivity index (χ2n) is 1.57. The van der Waals surface area contributed by atoms with Crippen molar-refractivity contribution in [3.05, 3.63) is 0 Å². The van der Waals surface area contributed by atoms with Crippen LogP contribution in [-0.2, 0) is 4.74 Å². The molecule has 3 N–H and O–H groups in total. The molecule has 0 unspecified atom stereocenters. The van der Waals surface area contributed by atoms with Crippen molar-refractivity contribution in [3.8, 4) is 0 Å². The van der Waals surface area contributed by atoms with Gasteiger partial charge < -0.3 is 10.5 Å². The first-order valence-corrected chi connectivity index (χ1v) is 3.55. The second-order valence-corrected chi connectivity index (χ2v) is 1.84. The summed E-state index contributed by atoms with van der Waals surface area (Å²) in [4.78, 5) is 10.5. The van der Waals surface area contributed by atoms with Crippen molar-refractivity contribution in [1.29, 1.82) is 0 Å². The van der Waals surface area contributed by atoms with Gasteiger partial charge in [-0.15, -0.1) is 11.6 Å². The number of ether oxygens (including phenoxy) is 1. The van der Waals surface area contributed by atoms with Gasteiger partial charge in [0.15, 0.2) is 0 Å². The number of alkyl halides is 1. The van der Waals surface area contributed by atoms with Crippen LogP contribution in [0, 0.1) is 0 Å². The van der Waals surface area contributed by atoms with E-state index < -0.39 is 6.09 Å². The van der Waals surface area contributed by atoms with Crippen LogP contribution in [0.25, 0.3) is 0 Å². The molecule has 0 spiro atoms. The standard InChI is InChI=1S/C5H10ClN3O2/c1-2-11-5(10)9-8-4(7)3-6/h2-3H2,1H3,(H2,7,8)(H,9,10). The molecule has 64 valence electrons. The lowest BCUT2D eigenvalue weighted by Gasteiger charge is -1.99. The summed E-state index contributed by atoms with van der Waals surface area (Å²) in [6.07, 6.45) is -0.638. The second kappa shape index (κ2) is 5.79. The number of amidine groups is 1. The van der Waals surface area contributed by atoms with Gasteiger partial charge in [-0.05, 0) is 6.92 Å². The summed E-state index contributed by atoms with van der Waals surface area (Å²) in [5.41, 5.74) is 7.22. The van der Waals surface area contributed by atoms with Gasteiger partial charge in [0.1, 0.15) is 5.84 Å². The Bertz CT molecular complexity index is 160. The Morgan fingerprint density at radius 1 is 1.82 bits per heavy atom. The molecule has 0 atom stereocenters. The van der Waals surface area contributed by atoms with Gasteiger partial charge in [-0.1, -0.05) is 0 Å². The first kappa shape index (κ1) is 10.0. The maximum absolute atomic E-state index is 10.5. The highest BCUT2D eigenvalue weighted by molar-refractivity contribution is 6.27. The van der Waals surface area contributed by atoms with Crippen molar-refractivity contribution in [2.75, 3.05) is 12.5 Å². The SMILES string of the molecule is CCOC(=O)NN=C(N)CCl. The number of carbonyl (C=O) groups excluding carboxylic acids is 1. The molecule has 0 aliphatic heterocycles. The number of amides is 1. The fourth-order valence-electron chi connectivity index (χ4n) is 0.311. The average Bonchev–Trinajstić information content (AvgIpc) is 2.01. The fourth-order valence-corrected chi connectivity index (χ4v) is 0.370. The molecule has 11 heavy (non-hydrogen) atoms. The summed E-state index contributed by atoms with van der Waals surface area (Å²) in [6, 6.07) is 0. The van der Waals surface area contributed by atoms with E-state index in [1.807, 2.05) is 0 Å². The van der Waals surface area contributed by atoms with E-state index in [0.717, 1.165) is 0 Å². The number of nitrogens with two attached hydrogens (primary N) is 1. The predicted octanol–water partition coefficient (Wildman–Crippen LogP) is 0.244. The van der Waals surface area contributed by atoms with Crippen molar-refractivity contribution in [3.63, 3.8) is 0 Å². The molecule has 0 aliphatic carbocycles. The van der Waals surface area contributed by atoms with E-state index in [9.17, 15) is 4.79 Å². The summed E-state index contributed by atoms with van der Waals surface area (Å²) < 4.78 is 4.48. The molecule has 0 heterocycles. The molecule has 0 saturated carbocycles. The zero-order valence-corrected chi connectivity index (χ0v) is 6.89. The Morgan fingerprint density at radius 3 is 2.91 bits per heavy atom. The molecule has 0 saturated heterocycles. The molecular weight excluding hydrogens is 170 g/mol. The minimum atomic E-state index is -0.638. The van der Waals surface area contributed by atoms with Gasteiger partial charge in [-0.25, -0.2) is 10.2 Å².